The molecule has 0 aliphatic rings. The second kappa shape index (κ2) is 5.43. The summed E-state index contributed by atoms with van der Waals surface area (Å²) >= 11 is 7.49. The van der Waals surface area contributed by atoms with Gasteiger partial charge in [0.25, 0.3) is 0 Å². The minimum absolute atomic E-state index is 0.731. The zero-order chi connectivity index (χ0) is 13.1. The van der Waals surface area contributed by atoms with E-state index in [9.17, 15) is 0 Å². The second-order valence-electron chi connectivity index (χ2n) is 4.03. The van der Waals surface area contributed by atoms with Crippen molar-refractivity contribution in [1.82, 2.24) is 4.98 Å². The molecular formula is C15H11ClN2S. The summed E-state index contributed by atoms with van der Waals surface area (Å²) in [5, 5.41) is 4.88. The lowest BCUT2D eigenvalue weighted by Gasteiger charge is -2.01. The molecule has 0 atom stereocenters. The largest absolute Gasteiger partial charge is 0.332 e. The van der Waals surface area contributed by atoms with Crippen LogP contribution >= 0.6 is 22.9 Å². The number of anilines is 2. The highest BCUT2D eigenvalue weighted by Gasteiger charge is 2.04. The summed E-state index contributed by atoms with van der Waals surface area (Å²) < 4.78 is 0. The molecule has 3 rings (SSSR count). The van der Waals surface area contributed by atoms with Gasteiger partial charge in [-0.2, -0.15) is 0 Å². The van der Waals surface area contributed by atoms with Crippen LogP contribution in [0.15, 0.2) is 60.8 Å². The number of hydrogen-bond donors (Lipinski definition) is 1. The molecule has 0 bridgehead atoms. The van der Waals surface area contributed by atoms with Gasteiger partial charge in [0.05, 0.1) is 4.88 Å². The molecule has 19 heavy (non-hydrogen) atoms. The van der Waals surface area contributed by atoms with E-state index in [-0.39, 0.29) is 0 Å². The summed E-state index contributed by atoms with van der Waals surface area (Å²) in [6.45, 7) is 0. The molecule has 0 amide bonds. The third-order valence-corrected chi connectivity index (χ3v) is 3.87. The van der Waals surface area contributed by atoms with Gasteiger partial charge in [0.1, 0.15) is 0 Å². The summed E-state index contributed by atoms with van der Waals surface area (Å²) in [5.74, 6) is 0. The van der Waals surface area contributed by atoms with Gasteiger partial charge in [-0.1, -0.05) is 53.3 Å². The van der Waals surface area contributed by atoms with Crippen molar-refractivity contribution in [2.75, 3.05) is 5.32 Å². The molecule has 94 valence electrons. The van der Waals surface area contributed by atoms with Gasteiger partial charge in [-0.15, -0.1) is 0 Å². The smallest absolute Gasteiger partial charge is 0.187 e. The highest BCUT2D eigenvalue weighted by atomic mass is 35.5. The Kier molecular flexibility index (Phi) is 3.49. The van der Waals surface area contributed by atoms with Crippen LogP contribution in [-0.4, -0.2) is 4.98 Å². The molecule has 3 aromatic rings. The quantitative estimate of drug-likeness (QED) is 0.715. The number of aromatic nitrogens is 1. The Morgan fingerprint density at radius 3 is 2.42 bits per heavy atom. The number of hydrogen-bond acceptors (Lipinski definition) is 3. The molecule has 2 aromatic carbocycles. The van der Waals surface area contributed by atoms with Crippen LogP contribution < -0.4 is 5.32 Å². The number of thiazole rings is 1. The molecule has 0 aliphatic carbocycles. The number of halogens is 1. The van der Waals surface area contributed by atoms with Crippen molar-refractivity contribution in [3.05, 3.63) is 65.8 Å². The monoisotopic (exact) mass is 286 g/mol. The van der Waals surface area contributed by atoms with Crippen molar-refractivity contribution in [2.24, 2.45) is 0 Å². The van der Waals surface area contributed by atoms with Crippen LogP contribution in [0.1, 0.15) is 0 Å². The Morgan fingerprint density at radius 2 is 1.68 bits per heavy atom. The fourth-order valence-electron chi connectivity index (χ4n) is 1.72. The lowest BCUT2D eigenvalue weighted by atomic mass is 10.2. The maximum atomic E-state index is 5.86. The van der Waals surface area contributed by atoms with Crippen molar-refractivity contribution < 1.29 is 0 Å². The van der Waals surface area contributed by atoms with Gasteiger partial charge in [-0.25, -0.2) is 4.98 Å². The van der Waals surface area contributed by atoms with Crippen LogP contribution in [0.2, 0.25) is 5.02 Å². The fraction of sp³-hybridized carbons (Fsp3) is 0. The van der Waals surface area contributed by atoms with Gasteiger partial charge in [0.15, 0.2) is 5.13 Å². The standard InChI is InChI=1S/C15H11ClN2S/c16-12-6-8-13(9-7-12)18-15-17-10-14(19-15)11-4-2-1-3-5-11/h1-10H,(H,17,18). The van der Waals surface area contributed by atoms with Crippen molar-refractivity contribution in [1.29, 1.82) is 0 Å². The highest BCUT2D eigenvalue weighted by molar-refractivity contribution is 7.18. The summed E-state index contributed by atoms with van der Waals surface area (Å²) in [6.07, 6.45) is 1.89. The zero-order valence-corrected chi connectivity index (χ0v) is 11.6. The minimum Gasteiger partial charge on any atom is -0.332 e. The maximum Gasteiger partial charge on any atom is 0.187 e. The molecular weight excluding hydrogens is 276 g/mol. The van der Waals surface area contributed by atoms with Crippen LogP contribution in [-0.2, 0) is 0 Å². The topological polar surface area (TPSA) is 24.9 Å². The van der Waals surface area contributed by atoms with E-state index in [0.717, 1.165) is 20.7 Å². The summed E-state index contributed by atoms with van der Waals surface area (Å²) in [7, 11) is 0. The Morgan fingerprint density at radius 1 is 0.947 bits per heavy atom. The maximum absolute atomic E-state index is 5.86. The number of nitrogens with zero attached hydrogens (tertiary/aromatic N) is 1. The number of benzene rings is 2. The second-order valence-corrected chi connectivity index (χ2v) is 5.49. The molecule has 1 aromatic heterocycles. The van der Waals surface area contributed by atoms with Crippen molar-refractivity contribution in [3.63, 3.8) is 0 Å². The average molecular weight is 287 g/mol. The zero-order valence-electron chi connectivity index (χ0n) is 10.0. The van der Waals surface area contributed by atoms with E-state index in [1.165, 1.54) is 5.56 Å². The van der Waals surface area contributed by atoms with Crippen molar-refractivity contribution in [3.8, 4) is 10.4 Å². The Labute approximate surface area is 120 Å². The van der Waals surface area contributed by atoms with Crippen LogP contribution in [0.25, 0.3) is 10.4 Å². The predicted octanol–water partition coefficient (Wildman–Crippen LogP) is 5.21. The molecule has 2 nitrogen and oxygen atoms in total. The molecule has 0 saturated carbocycles. The molecule has 4 heteroatoms. The van der Waals surface area contributed by atoms with Gasteiger partial charge in [0.2, 0.25) is 0 Å². The normalized spacial score (nSPS) is 10.4. The summed E-state index contributed by atoms with van der Waals surface area (Å²) in [4.78, 5) is 5.53. The SMILES string of the molecule is Clc1ccc(Nc2ncc(-c3ccccc3)s2)cc1. The first-order valence-electron chi connectivity index (χ1n) is 5.85. The van der Waals surface area contributed by atoms with Gasteiger partial charge in [0, 0.05) is 16.9 Å². The molecule has 1 N–H and O–H groups in total. The van der Waals surface area contributed by atoms with E-state index in [1.54, 1.807) is 11.3 Å². The van der Waals surface area contributed by atoms with E-state index in [4.69, 9.17) is 11.6 Å². The van der Waals surface area contributed by atoms with E-state index < -0.39 is 0 Å². The first-order valence-corrected chi connectivity index (χ1v) is 7.04. The van der Waals surface area contributed by atoms with Crippen LogP contribution in [0, 0.1) is 0 Å². The molecule has 0 unspecified atom stereocenters. The highest BCUT2D eigenvalue weighted by Crippen LogP contribution is 2.30. The van der Waals surface area contributed by atoms with Gasteiger partial charge in [-0.05, 0) is 29.8 Å². The fourth-order valence-corrected chi connectivity index (χ4v) is 2.69. The van der Waals surface area contributed by atoms with E-state index in [0.29, 0.717) is 0 Å². The minimum atomic E-state index is 0.731. The molecule has 0 saturated heterocycles. The van der Waals surface area contributed by atoms with E-state index in [2.05, 4.69) is 22.4 Å². The molecule has 0 spiro atoms. The van der Waals surface area contributed by atoms with Gasteiger partial charge >= 0.3 is 0 Å². The third-order valence-electron chi connectivity index (χ3n) is 2.66. The molecule has 0 fully saturated rings. The van der Waals surface area contributed by atoms with Crippen molar-refractivity contribution in [2.45, 2.75) is 0 Å². The molecule has 0 aliphatic heterocycles. The first kappa shape index (κ1) is 12.2. The van der Waals surface area contributed by atoms with E-state index >= 15 is 0 Å². The molecule has 1 heterocycles. The number of nitrogens with one attached hydrogen (secondary N) is 1. The van der Waals surface area contributed by atoms with Crippen LogP contribution in [0.5, 0.6) is 0 Å². The van der Waals surface area contributed by atoms with E-state index in [1.807, 2.05) is 48.7 Å². The molecule has 0 radical (unpaired) electrons. The van der Waals surface area contributed by atoms with Crippen molar-refractivity contribution >= 4 is 33.8 Å². The lowest BCUT2D eigenvalue weighted by molar-refractivity contribution is 1.39. The first-order chi connectivity index (χ1) is 9.31. The third kappa shape index (κ3) is 2.95. The van der Waals surface area contributed by atoms with Crippen LogP contribution in [0.4, 0.5) is 10.8 Å². The average Bonchev–Trinajstić information content (AvgIpc) is 2.91. The Hall–Kier alpha value is -1.84. The summed E-state index contributed by atoms with van der Waals surface area (Å²) in [6, 6.07) is 17.8. The predicted molar refractivity (Wildman–Crippen MR) is 82.3 cm³/mol. The Balaban J connectivity index is 1.80. The van der Waals surface area contributed by atoms with Gasteiger partial charge in [-0.3, -0.25) is 0 Å². The number of rotatable bonds is 3. The lowest BCUT2D eigenvalue weighted by Crippen LogP contribution is -1.87. The summed E-state index contributed by atoms with van der Waals surface area (Å²) in [5.41, 5.74) is 2.17. The Bertz CT molecular complexity index is 662. The van der Waals surface area contributed by atoms with Gasteiger partial charge < -0.3 is 5.32 Å². The van der Waals surface area contributed by atoms with Crippen LogP contribution in [0.3, 0.4) is 0 Å².